The predicted molar refractivity (Wildman–Crippen MR) is 68.0 cm³/mol. The van der Waals surface area contributed by atoms with Gasteiger partial charge in [0.2, 0.25) is 0 Å². The Morgan fingerprint density at radius 1 is 1.35 bits per heavy atom. The Kier molecular flexibility index (Phi) is 5.37. The van der Waals surface area contributed by atoms with Gasteiger partial charge in [0.25, 0.3) is 0 Å². The van der Waals surface area contributed by atoms with Gasteiger partial charge < -0.3 is 10.1 Å². The van der Waals surface area contributed by atoms with E-state index in [4.69, 9.17) is 4.74 Å². The Morgan fingerprint density at radius 2 is 2.12 bits per heavy atom. The average molecular weight is 258 g/mol. The Hall–Kier alpha value is -1.14. The number of aromatic nitrogens is 1. The van der Waals surface area contributed by atoms with Gasteiger partial charge >= 0.3 is 0 Å². The van der Waals surface area contributed by atoms with E-state index in [1.807, 2.05) is 25.1 Å². The van der Waals surface area contributed by atoms with E-state index in [0.29, 0.717) is 13.2 Å². The van der Waals surface area contributed by atoms with Gasteiger partial charge in [-0.2, -0.15) is 0 Å². The normalized spacial score (nSPS) is 11.4. The van der Waals surface area contributed by atoms with Crippen LogP contribution in [0.15, 0.2) is 18.2 Å². The van der Waals surface area contributed by atoms with Gasteiger partial charge in [0, 0.05) is 18.5 Å². The number of pyridine rings is 1. The maximum atomic E-state index is 10.8. The number of rotatable bonds is 7. The van der Waals surface area contributed by atoms with Crippen molar-refractivity contribution in [3.63, 3.8) is 0 Å². The Morgan fingerprint density at radius 3 is 2.76 bits per heavy atom. The number of nitrogens with one attached hydrogen (secondary N) is 1. The molecular weight excluding hydrogens is 240 g/mol. The van der Waals surface area contributed by atoms with E-state index in [-0.39, 0.29) is 12.4 Å². The van der Waals surface area contributed by atoms with E-state index in [1.54, 1.807) is 0 Å². The number of anilines is 1. The fourth-order valence-electron chi connectivity index (χ4n) is 1.21. The van der Waals surface area contributed by atoms with Gasteiger partial charge in [-0.15, -0.1) is 0 Å². The van der Waals surface area contributed by atoms with Crippen LogP contribution in [0.5, 0.6) is 0 Å². The first-order valence-electron chi connectivity index (χ1n) is 5.40. The minimum atomic E-state index is -2.93. The molecule has 1 N–H and O–H groups in total. The third-order valence-electron chi connectivity index (χ3n) is 2.04. The van der Waals surface area contributed by atoms with Crippen molar-refractivity contribution in [2.45, 2.75) is 6.92 Å². The molecular formula is C11H18N2O3S. The highest BCUT2D eigenvalue weighted by molar-refractivity contribution is 7.90. The zero-order valence-electron chi connectivity index (χ0n) is 10.1. The van der Waals surface area contributed by atoms with Crippen molar-refractivity contribution in [1.29, 1.82) is 0 Å². The molecule has 1 aromatic heterocycles. The van der Waals surface area contributed by atoms with Crippen LogP contribution in [0.4, 0.5) is 5.82 Å². The van der Waals surface area contributed by atoms with E-state index in [9.17, 15) is 8.42 Å². The molecule has 1 heterocycles. The zero-order valence-corrected chi connectivity index (χ0v) is 11.0. The second kappa shape index (κ2) is 6.56. The van der Waals surface area contributed by atoms with Crippen molar-refractivity contribution in [3.8, 4) is 0 Å². The lowest BCUT2D eigenvalue weighted by Gasteiger charge is -2.06. The standard InChI is InChI=1S/C11H18N2O3S/c1-10-4-3-5-11(13-10)12-6-7-16-8-9-17(2,14)15/h3-5H,6-9H2,1-2H3,(H,12,13). The van der Waals surface area contributed by atoms with Gasteiger partial charge in [-0.05, 0) is 19.1 Å². The largest absolute Gasteiger partial charge is 0.379 e. The molecule has 0 radical (unpaired) electrons. The van der Waals surface area contributed by atoms with E-state index >= 15 is 0 Å². The van der Waals surface area contributed by atoms with Crippen LogP contribution in [0.25, 0.3) is 0 Å². The van der Waals surface area contributed by atoms with Gasteiger partial charge in [0.05, 0.1) is 19.0 Å². The SMILES string of the molecule is Cc1cccc(NCCOCCS(C)(=O)=O)n1. The highest BCUT2D eigenvalue weighted by Crippen LogP contribution is 2.02. The van der Waals surface area contributed by atoms with E-state index in [1.165, 1.54) is 6.26 Å². The summed E-state index contributed by atoms with van der Waals surface area (Å²) in [5.41, 5.74) is 0.952. The molecule has 0 unspecified atom stereocenters. The van der Waals surface area contributed by atoms with Gasteiger partial charge in [-0.1, -0.05) is 6.07 Å². The van der Waals surface area contributed by atoms with Gasteiger partial charge in [0.1, 0.15) is 15.7 Å². The number of aryl methyl sites for hydroxylation is 1. The minimum absolute atomic E-state index is 0.0652. The molecule has 0 aromatic carbocycles. The molecule has 6 heteroatoms. The quantitative estimate of drug-likeness (QED) is 0.735. The predicted octanol–water partition coefficient (Wildman–Crippen LogP) is 0.863. The second-order valence-electron chi connectivity index (χ2n) is 3.83. The topological polar surface area (TPSA) is 68.3 Å². The van der Waals surface area contributed by atoms with Gasteiger partial charge in [-0.25, -0.2) is 13.4 Å². The number of nitrogens with zero attached hydrogens (tertiary/aromatic N) is 1. The molecule has 1 aromatic rings. The molecule has 1 rings (SSSR count). The Labute approximate surface area is 102 Å². The summed E-state index contributed by atoms with van der Waals surface area (Å²) in [5, 5.41) is 3.10. The fourth-order valence-corrected chi connectivity index (χ4v) is 1.63. The number of sulfone groups is 1. The highest BCUT2D eigenvalue weighted by Gasteiger charge is 2.00. The molecule has 0 spiro atoms. The Bertz CT molecular complexity index is 446. The molecule has 0 bridgehead atoms. The first-order chi connectivity index (χ1) is 7.97. The summed E-state index contributed by atoms with van der Waals surface area (Å²) in [6, 6.07) is 5.73. The highest BCUT2D eigenvalue weighted by atomic mass is 32.2. The fraction of sp³-hybridized carbons (Fsp3) is 0.545. The van der Waals surface area contributed by atoms with Crippen molar-refractivity contribution in [1.82, 2.24) is 4.98 Å². The molecule has 0 aliphatic rings. The van der Waals surface area contributed by atoms with Crippen molar-refractivity contribution < 1.29 is 13.2 Å². The Balaban J connectivity index is 2.13. The van der Waals surface area contributed by atoms with Crippen molar-refractivity contribution in [2.75, 3.05) is 37.1 Å². The van der Waals surface area contributed by atoms with Crippen molar-refractivity contribution >= 4 is 15.7 Å². The van der Waals surface area contributed by atoms with Crippen LogP contribution < -0.4 is 5.32 Å². The molecule has 17 heavy (non-hydrogen) atoms. The average Bonchev–Trinajstić information content (AvgIpc) is 2.22. The number of ether oxygens (including phenoxy) is 1. The van der Waals surface area contributed by atoms with Crippen molar-refractivity contribution in [3.05, 3.63) is 23.9 Å². The third-order valence-corrected chi connectivity index (χ3v) is 2.95. The van der Waals surface area contributed by atoms with Gasteiger partial charge in [0.15, 0.2) is 0 Å². The summed E-state index contributed by atoms with van der Waals surface area (Å²) in [4.78, 5) is 4.27. The number of hydrogen-bond acceptors (Lipinski definition) is 5. The van der Waals surface area contributed by atoms with Crippen LogP contribution in [-0.2, 0) is 14.6 Å². The minimum Gasteiger partial charge on any atom is -0.379 e. The zero-order chi connectivity index (χ0) is 12.7. The lowest BCUT2D eigenvalue weighted by Crippen LogP contribution is -2.15. The summed E-state index contributed by atoms with van der Waals surface area (Å²) < 4.78 is 26.8. The summed E-state index contributed by atoms with van der Waals surface area (Å²) in [7, 11) is -2.93. The first-order valence-corrected chi connectivity index (χ1v) is 7.46. The molecule has 0 amide bonds. The second-order valence-corrected chi connectivity index (χ2v) is 6.09. The van der Waals surface area contributed by atoms with Crippen LogP contribution in [0.2, 0.25) is 0 Å². The molecule has 0 aliphatic carbocycles. The van der Waals surface area contributed by atoms with Crippen LogP contribution in [0.3, 0.4) is 0 Å². The summed E-state index contributed by atoms with van der Waals surface area (Å²) in [6.45, 7) is 3.24. The van der Waals surface area contributed by atoms with Crippen molar-refractivity contribution in [2.24, 2.45) is 0 Å². The van der Waals surface area contributed by atoms with Gasteiger partial charge in [-0.3, -0.25) is 0 Å². The smallest absolute Gasteiger partial charge is 0.149 e. The maximum Gasteiger partial charge on any atom is 0.149 e. The lowest BCUT2D eigenvalue weighted by atomic mass is 10.4. The van der Waals surface area contributed by atoms with Crippen LogP contribution in [-0.4, -0.2) is 45.2 Å². The monoisotopic (exact) mass is 258 g/mol. The van der Waals surface area contributed by atoms with Crippen LogP contribution in [0, 0.1) is 6.92 Å². The molecule has 0 atom stereocenters. The summed E-state index contributed by atoms with van der Waals surface area (Å²) in [5.74, 6) is 0.868. The molecule has 0 saturated carbocycles. The third kappa shape index (κ3) is 6.91. The lowest BCUT2D eigenvalue weighted by molar-refractivity contribution is 0.159. The summed E-state index contributed by atoms with van der Waals surface area (Å²) in [6.07, 6.45) is 1.20. The molecule has 0 aliphatic heterocycles. The van der Waals surface area contributed by atoms with E-state index in [0.717, 1.165) is 11.5 Å². The first kappa shape index (κ1) is 13.9. The summed E-state index contributed by atoms with van der Waals surface area (Å²) >= 11 is 0. The van der Waals surface area contributed by atoms with Crippen LogP contribution in [0.1, 0.15) is 5.69 Å². The van der Waals surface area contributed by atoms with Crippen LogP contribution >= 0.6 is 0 Å². The van der Waals surface area contributed by atoms with E-state index in [2.05, 4.69) is 10.3 Å². The molecule has 0 saturated heterocycles. The maximum absolute atomic E-state index is 10.8. The molecule has 96 valence electrons. The molecule has 5 nitrogen and oxygen atoms in total. The number of hydrogen-bond donors (Lipinski definition) is 1. The van der Waals surface area contributed by atoms with E-state index < -0.39 is 9.84 Å². The molecule has 0 fully saturated rings.